The number of aromatic amines is 4. The summed E-state index contributed by atoms with van der Waals surface area (Å²) in [6.45, 7) is 11.1. The Balaban J connectivity index is 0.000000153. The molecule has 0 bridgehead atoms. The van der Waals surface area contributed by atoms with E-state index in [4.69, 9.17) is 9.97 Å². The number of nitrogens with zero attached hydrogens (tertiary/aromatic N) is 11. The molecule has 5 N–H and O–H groups in total. The van der Waals surface area contributed by atoms with E-state index < -0.39 is 5.82 Å². The molecule has 1 fully saturated rings. The van der Waals surface area contributed by atoms with Crippen molar-refractivity contribution in [2.24, 2.45) is 0 Å². The molecule has 0 saturated carbocycles. The number of aromatic nitrogens is 14. The first-order valence-corrected chi connectivity index (χ1v) is 25.9. The number of fused-ring (bicyclic) bond motifs is 4. The van der Waals surface area contributed by atoms with E-state index in [1.165, 1.54) is 12.8 Å². The zero-order valence-corrected chi connectivity index (χ0v) is 43.0. The Bertz CT molecular complexity index is 4300. The minimum Gasteiger partial charge on any atom is -0.354 e. The van der Waals surface area contributed by atoms with Crippen molar-refractivity contribution >= 4 is 55.3 Å². The summed E-state index contributed by atoms with van der Waals surface area (Å²) in [5.41, 5.74) is 13.8. The lowest BCUT2D eigenvalue weighted by atomic mass is 10.0. The van der Waals surface area contributed by atoms with E-state index in [1.54, 1.807) is 74.0 Å². The van der Waals surface area contributed by atoms with E-state index in [1.807, 2.05) is 105 Å². The molecule has 79 heavy (non-hydrogen) atoms. The van der Waals surface area contributed by atoms with Crippen LogP contribution in [0.15, 0.2) is 172 Å². The number of nitrogens with one attached hydrogen (secondary N) is 5. The van der Waals surface area contributed by atoms with E-state index in [0.717, 1.165) is 69.9 Å². The maximum Gasteiger partial charge on any atom is 0.159 e. The van der Waals surface area contributed by atoms with Gasteiger partial charge in [-0.05, 0) is 110 Å². The number of pyridine rings is 6. The first-order chi connectivity index (χ1) is 38.9. The molecule has 14 rings (SSSR count). The molecule has 0 radical (unpaired) electrons. The zero-order valence-electron chi connectivity index (χ0n) is 43.0. The molecule has 13 aromatic rings. The van der Waals surface area contributed by atoms with E-state index in [9.17, 15) is 0 Å². The van der Waals surface area contributed by atoms with Crippen LogP contribution in [0.3, 0.4) is 0 Å². The molecule has 0 aliphatic carbocycles. The van der Waals surface area contributed by atoms with Crippen LogP contribution < -0.4 is 5.32 Å². The van der Waals surface area contributed by atoms with Crippen LogP contribution in [0.4, 0.5) is 14.5 Å². The summed E-state index contributed by atoms with van der Waals surface area (Å²) in [5.74, 6) is 0.138. The Morgan fingerprint density at radius 1 is 0.544 bits per heavy atom. The lowest BCUT2D eigenvalue weighted by molar-refractivity contribution is 0.331. The van der Waals surface area contributed by atoms with Crippen LogP contribution in [-0.2, 0) is 6.54 Å². The second-order valence-electron chi connectivity index (χ2n) is 18.6. The van der Waals surface area contributed by atoms with Crippen LogP contribution in [0.1, 0.15) is 37.8 Å². The van der Waals surface area contributed by atoms with Crippen molar-refractivity contribution in [2.75, 3.05) is 18.4 Å². The fourth-order valence-corrected chi connectivity index (χ4v) is 9.93. The monoisotopic (exact) mass is 1040 g/mol. The van der Waals surface area contributed by atoms with Crippen molar-refractivity contribution in [2.45, 2.75) is 33.2 Å². The van der Waals surface area contributed by atoms with Crippen LogP contribution in [0.2, 0.25) is 0 Å². The van der Waals surface area contributed by atoms with Gasteiger partial charge in [0, 0.05) is 101 Å². The normalized spacial score (nSPS) is 12.4. The van der Waals surface area contributed by atoms with Crippen molar-refractivity contribution in [3.63, 3.8) is 0 Å². The third kappa shape index (κ3) is 9.83. The number of hydrogen-bond donors (Lipinski definition) is 5. The van der Waals surface area contributed by atoms with Gasteiger partial charge in [0.2, 0.25) is 0 Å². The van der Waals surface area contributed by atoms with Gasteiger partial charge in [-0.15, -0.1) is 0 Å². The summed E-state index contributed by atoms with van der Waals surface area (Å²) >= 11 is 0. The van der Waals surface area contributed by atoms with Gasteiger partial charge in [0.25, 0.3) is 0 Å². The summed E-state index contributed by atoms with van der Waals surface area (Å²) in [6.07, 6.45) is 19.6. The molecule has 18 heteroatoms. The van der Waals surface area contributed by atoms with E-state index in [2.05, 4.69) is 77.1 Å². The number of hydrogen-bond acceptors (Lipinski definition) is 12. The highest BCUT2D eigenvalue weighted by Gasteiger charge is 2.23. The van der Waals surface area contributed by atoms with E-state index in [-0.39, 0.29) is 5.82 Å². The Hall–Kier alpha value is -10.2. The summed E-state index contributed by atoms with van der Waals surface area (Å²) in [7, 11) is 0. The van der Waals surface area contributed by atoms with Gasteiger partial charge in [-0.2, -0.15) is 10.2 Å². The number of imidazole rings is 2. The molecule has 0 unspecified atom stereocenters. The maximum absolute atomic E-state index is 16.2. The smallest absolute Gasteiger partial charge is 0.159 e. The predicted molar refractivity (Wildman–Crippen MR) is 306 cm³/mol. The number of H-pyrrole nitrogens is 4. The average Bonchev–Trinajstić information content (AvgIpc) is 4.57. The molecule has 388 valence electrons. The average molecular weight is 1050 g/mol. The van der Waals surface area contributed by atoms with Gasteiger partial charge in [0.15, 0.2) is 11.6 Å². The van der Waals surface area contributed by atoms with Gasteiger partial charge in [0.1, 0.15) is 34.1 Å². The quantitative estimate of drug-likeness (QED) is 0.0820. The third-order valence-electron chi connectivity index (χ3n) is 13.7. The highest BCUT2D eigenvalue weighted by Crippen LogP contribution is 2.38. The second-order valence-corrected chi connectivity index (χ2v) is 18.6. The van der Waals surface area contributed by atoms with Crippen molar-refractivity contribution < 1.29 is 8.78 Å². The summed E-state index contributed by atoms with van der Waals surface area (Å²) in [5, 5.41) is 18.7. The van der Waals surface area contributed by atoms with Gasteiger partial charge in [-0.1, -0.05) is 50.8 Å². The lowest BCUT2D eigenvalue weighted by Gasteiger charge is -2.15. The molecule has 0 amide bonds. The van der Waals surface area contributed by atoms with Crippen LogP contribution in [0, 0.1) is 11.6 Å². The largest absolute Gasteiger partial charge is 0.354 e. The summed E-state index contributed by atoms with van der Waals surface area (Å²) in [4.78, 5) is 44.5. The van der Waals surface area contributed by atoms with Crippen LogP contribution >= 0.6 is 0 Å². The van der Waals surface area contributed by atoms with Crippen molar-refractivity contribution in [3.05, 3.63) is 194 Å². The fraction of sp³-hybridized carbons (Fsp3) is 0.115. The van der Waals surface area contributed by atoms with E-state index in [0.29, 0.717) is 83.9 Å². The second kappa shape index (κ2) is 21.8. The zero-order chi connectivity index (χ0) is 53.8. The summed E-state index contributed by atoms with van der Waals surface area (Å²) < 4.78 is 32.3. The first kappa shape index (κ1) is 49.7. The highest BCUT2D eigenvalue weighted by atomic mass is 19.1. The highest BCUT2D eigenvalue weighted by molar-refractivity contribution is 6.00. The Morgan fingerprint density at radius 3 is 1.61 bits per heavy atom. The maximum atomic E-state index is 16.2. The topological polar surface area (TPSA) is 207 Å². The number of likely N-dealkylation sites (tertiary alicyclic amines) is 1. The number of anilines is 1. The van der Waals surface area contributed by atoms with E-state index >= 15 is 8.78 Å². The molecule has 0 spiro atoms. The molecule has 1 aliphatic heterocycles. The van der Waals surface area contributed by atoms with Gasteiger partial charge < -0.3 is 15.3 Å². The minimum atomic E-state index is -0.421. The summed E-state index contributed by atoms with van der Waals surface area (Å²) in [6, 6.07) is 32.0. The molecular weight excluding hydrogens is 995 g/mol. The van der Waals surface area contributed by atoms with Crippen LogP contribution in [-0.4, -0.2) is 88.2 Å². The van der Waals surface area contributed by atoms with Gasteiger partial charge in [0.05, 0.1) is 56.1 Å². The number of benzene rings is 3. The lowest BCUT2D eigenvalue weighted by Crippen LogP contribution is -2.18. The van der Waals surface area contributed by atoms with Crippen LogP contribution in [0.5, 0.6) is 0 Å². The fourth-order valence-electron chi connectivity index (χ4n) is 9.93. The van der Waals surface area contributed by atoms with Crippen molar-refractivity contribution in [1.82, 2.24) is 75.1 Å². The van der Waals surface area contributed by atoms with Gasteiger partial charge in [-0.25, -0.2) is 18.7 Å². The van der Waals surface area contributed by atoms with Gasteiger partial charge in [-0.3, -0.25) is 45.0 Å². The third-order valence-corrected chi connectivity index (χ3v) is 13.7. The Kier molecular flexibility index (Phi) is 13.7. The molecule has 16 nitrogen and oxygen atoms in total. The predicted octanol–water partition coefficient (Wildman–Crippen LogP) is 13.2. The molecule has 3 aromatic carbocycles. The van der Waals surface area contributed by atoms with Crippen molar-refractivity contribution in [3.8, 4) is 67.8 Å². The molecule has 1 aliphatic rings. The molecule has 1 saturated heterocycles. The minimum absolute atomic E-state index is 0.335. The molecule has 11 heterocycles. The molecule has 10 aromatic heterocycles. The Morgan fingerprint density at radius 2 is 1.06 bits per heavy atom. The van der Waals surface area contributed by atoms with Gasteiger partial charge >= 0.3 is 0 Å². The first-order valence-electron chi connectivity index (χ1n) is 25.9. The SMILES string of the molecule is C=C(Nc1cncc(-c2ccc3[nH]nc(-c4nc5c(-c6ccncc6)nccc5[nH]4)c3c2F)c1)c1ccccc1.CC.Fc1c(-c2cncc(CN3CCCC3)c2)ccc2[nH]nc(-c3nc4c(-c5ccncc5)nccc4[nH]3)c12. The molecule has 0 atom stereocenters. The molecular formula is C61H50F2N16. The standard InChI is InChI=1S/C31H21FN8.C28H23FN8.C2H6/c1-18(19-5-3-2-4-6-19)36-22-15-21(16-34-17-22)23-7-8-24-26(27(23)32)30(40-39-24)31-37-25-11-14-35-28(29(25)38-31)20-9-12-33-13-10-20;29-24-20(19-13-17(14-31-15-19)16-37-11-1-2-12-37)3-4-21-23(24)27(36-35-21)28-33-22-7-10-32-25(26(22)34-28)18-5-8-30-9-6-18;1-2/h2-17,36H,1H2,(H,37,38)(H,39,40);3-10,13-15H,1-2,11-12,16H2,(H,33,34)(H,35,36);1-2H3. The Labute approximate surface area is 451 Å². The van der Waals surface area contributed by atoms with Crippen molar-refractivity contribution in [1.29, 1.82) is 0 Å². The van der Waals surface area contributed by atoms with Crippen LogP contribution in [0.25, 0.3) is 117 Å². The number of rotatable bonds is 11. The number of halogens is 2.